The van der Waals surface area contributed by atoms with Crippen LogP contribution in [0.4, 0.5) is 5.95 Å². The predicted octanol–water partition coefficient (Wildman–Crippen LogP) is 3.35. The molecule has 8 nitrogen and oxygen atoms in total. The molecule has 1 amide bonds. The molecule has 2 aromatic carbocycles. The van der Waals surface area contributed by atoms with Gasteiger partial charge in [0.1, 0.15) is 6.04 Å². The third-order valence-corrected chi connectivity index (χ3v) is 5.61. The Morgan fingerprint density at radius 1 is 1.10 bits per heavy atom. The summed E-state index contributed by atoms with van der Waals surface area (Å²) in [6, 6.07) is 11.0. The first-order chi connectivity index (χ1) is 14.8. The molecule has 8 heteroatoms. The van der Waals surface area contributed by atoms with Gasteiger partial charge in [0.05, 0.1) is 19.8 Å². The van der Waals surface area contributed by atoms with E-state index in [2.05, 4.69) is 12.2 Å². The normalized spacial score (nSPS) is 15.3. The minimum Gasteiger partial charge on any atom is -0.493 e. The van der Waals surface area contributed by atoms with Crippen LogP contribution in [0.5, 0.6) is 11.5 Å². The van der Waals surface area contributed by atoms with E-state index >= 15 is 0 Å². The molecule has 0 aliphatic carbocycles. The molecule has 3 N–H and O–H groups in total. The van der Waals surface area contributed by atoms with E-state index in [4.69, 9.17) is 25.3 Å². The van der Waals surface area contributed by atoms with Crippen LogP contribution in [-0.4, -0.2) is 34.9 Å². The zero-order chi connectivity index (χ0) is 22.3. The molecule has 0 radical (unpaired) electrons. The van der Waals surface area contributed by atoms with Crippen molar-refractivity contribution in [1.29, 1.82) is 0 Å². The van der Waals surface area contributed by atoms with Crippen molar-refractivity contribution in [2.24, 2.45) is 5.73 Å². The van der Waals surface area contributed by atoms with Gasteiger partial charge in [-0.2, -0.15) is 4.98 Å². The van der Waals surface area contributed by atoms with Gasteiger partial charge in [0.25, 0.3) is 0 Å². The van der Waals surface area contributed by atoms with Crippen molar-refractivity contribution >= 4 is 11.9 Å². The molecule has 3 aromatic rings. The van der Waals surface area contributed by atoms with Gasteiger partial charge < -0.3 is 20.5 Å². The van der Waals surface area contributed by atoms with Crippen molar-refractivity contribution in [2.75, 3.05) is 19.5 Å². The van der Waals surface area contributed by atoms with Crippen LogP contribution >= 0.6 is 0 Å². The summed E-state index contributed by atoms with van der Waals surface area (Å²) in [4.78, 5) is 17.2. The Labute approximate surface area is 180 Å². The number of aryl methyl sites for hydroxylation is 2. The smallest absolute Gasteiger partial charge is 0.248 e. The highest BCUT2D eigenvalue weighted by molar-refractivity contribution is 5.95. The second-order valence-corrected chi connectivity index (χ2v) is 7.52. The second-order valence-electron chi connectivity index (χ2n) is 7.52. The van der Waals surface area contributed by atoms with E-state index in [9.17, 15) is 4.79 Å². The number of aromatic nitrogens is 3. The summed E-state index contributed by atoms with van der Waals surface area (Å²) < 4.78 is 12.8. The fraction of sp³-hybridized carbons (Fsp3) is 0.261. The molecule has 160 valence electrons. The van der Waals surface area contributed by atoms with Crippen LogP contribution in [0.25, 0.3) is 11.4 Å². The number of amides is 1. The third kappa shape index (κ3) is 3.39. The Balaban J connectivity index is 1.93. The van der Waals surface area contributed by atoms with E-state index in [-0.39, 0.29) is 0 Å². The van der Waals surface area contributed by atoms with E-state index in [1.54, 1.807) is 31.9 Å². The maximum absolute atomic E-state index is 12.5. The fourth-order valence-corrected chi connectivity index (χ4v) is 3.89. The zero-order valence-electron chi connectivity index (χ0n) is 18.2. The van der Waals surface area contributed by atoms with Gasteiger partial charge in [-0.15, -0.1) is 5.10 Å². The van der Waals surface area contributed by atoms with E-state index in [1.807, 2.05) is 37.3 Å². The third-order valence-electron chi connectivity index (χ3n) is 5.61. The predicted molar refractivity (Wildman–Crippen MR) is 118 cm³/mol. The molecule has 0 spiro atoms. The maximum atomic E-state index is 12.5. The molecule has 1 unspecified atom stereocenters. The molecule has 1 aliphatic heterocycles. The molecule has 0 saturated carbocycles. The van der Waals surface area contributed by atoms with Crippen molar-refractivity contribution in [3.8, 4) is 22.9 Å². The Kier molecular flexibility index (Phi) is 5.14. The van der Waals surface area contributed by atoms with Crippen LogP contribution in [-0.2, 0) is 4.79 Å². The van der Waals surface area contributed by atoms with Gasteiger partial charge in [0.2, 0.25) is 11.9 Å². The number of hydrogen-bond acceptors (Lipinski definition) is 6. The fourth-order valence-electron chi connectivity index (χ4n) is 3.89. The zero-order valence-corrected chi connectivity index (χ0v) is 18.2. The first kappa shape index (κ1) is 20.5. The number of allylic oxidation sites excluding steroid dienone is 1. The van der Waals surface area contributed by atoms with Gasteiger partial charge in [0.15, 0.2) is 17.3 Å². The summed E-state index contributed by atoms with van der Waals surface area (Å²) in [5, 5.41) is 7.92. The summed E-state index contributed by atoms with van der Waals surface area (Å²) in [6.45, 7) is 5.91. The molecular formula is C23H25N5O3. The molecule has 0 fully saturated rings. The Morgan fingerprint density at radius 3 is 2.52 bits per heavy atom. The number of rotatable bonds is 5. The van der Waals surface area contributed by atoms with Crippen LogP contribution in [0.2, 0.25) is 0 Å². The lowest BCUT2D eigenvalue weighted by Gasteiger charge is -2.29. The van der Waals surface area contributed by atoms with Crippen molar-refractivity contribution in [3.63, 3.8) is 0 Å². The topological polar surface area (TPSA) is 104 Å². The van der Waals surface area contributed by atoms with E-state index in [0.29, 0.717) is 40.1 Å². The van der Waals surface area contributed by atoms with Gasteiger partial charge in [-0.25, -0.2) is 4.68 Å². The SMILES string of the molecule is COc1cccc(C2C(C(N)=O)=C(C)Nc3nc(-c4ccc(C)c(C)c4)nn32)c1OC. The summed E-state index contributed by atoms with van der Waals surface area (Å²) in [5.74, 6) is 1.59. The number of nitrogens with two attached hydrogens (primary N) is 1. The molecule has 0 bridgehead atoms. The number of para-hydroxylation sites is 1. The van der Waals surface area contributed by atoms with Gasteiger partial charge >= 0.3 is 0 Å². The van der Waals surface area contributed by atoms with Gasteiger partial charge in [0, 0.05) is 16.8 Å². The van der Waals surface area contributed by atoms with E-state index in [1.165, 1.54) is 5.56 Å². The van der Waals surface area contributed by atoms with Crippen LogP contribution in [0.15, 0.2) is 47.7 Å². The minimum atomic E-state index is -0.619. The quantitative estimate of drug-likeness (QED) is 0.657. The standard InChI is InChI=1S/C23H25N5O3/c1-12-9-10-15(11-13(12)2)22-26-23-25-14(3)18(21(24)29)19(28(23)27-22)16-7-6-8-17(30-4)20(16)31-5/h6-11,19H,1-5H3,(H2,24,29)(H,25,26,27). The maximum Gasteiger partial charge on any atom is 0.248 e. The van der Waals surface area contributed by atoms with Crippen molar-refractivity contribution in [3.05, 3.63) is 64.4 Å². The first-order valence-corrected chi connectivity index (χ1v) is 9.88. The lowest BCUT2D eigenvalue weighted by Crippen LogP contribution is -2.32. The van der Waals surface area contributed by atoms with Gasteiger partial charge in [-0.1, -0.05) is 24.3 Å². The molecule has 1 atom stereocenters. The van der Waals surface area contributed by atoms with Gasteiger partial charge in [-0.05, 0) is 44.0 Å². The largest absolute Gasteiger partial charge is 0.493 e. The Bertz CT molecular complexity index is 1210. The molecule has 1 aromatic heterocycles. The number of carbonyl (C=O) groups is 1. The first-order valence-electron chi connectivity index (χ1n) is 9.88. The number of benzene rings is 2. The highest BCUT2D eigenvalue weighted by Crippen LogP contribution is 2.43. The Hall–Kier alpha value is -3.81. The van der Waals surface area contributed by atoms with E-state index < -0.39 is 11.9 Å². The summed E-state index contributed by atoms with van der Waals surface area (Å²) in [5.41, 5.74) is 10.7. The van der Waals surface area contributed by atoms with Crippen molar-refractivity contribution in [1.82, 2.24) is 14.8 Å². The number of fused-ring (bicyclic) bond motifs is 1. The summed E-state index contributed by atoms with van der Waals surface area (Å²) >= 11 is 0. The monoisotopic (exact) mass is 419 g/mol. The number of primary amides is 1. The van der Waals surface area contributed by atoms with Crippen LogP contribution in [0.1, 0.15) is 29.7 Å². The summed E-state index contributed by atoms with van der Waals surface area (Å²) in [6.07, 6.45) is 0. The van der Waals surface area contributed by atoms with Crippen LogP contribution < -0.4 is 20.5 Å². The number of carbonyl (C=O) groups excluding carboxylic acids is 1. The molecule has 31 heavy (non-hydrogen) atoms. The average Bonchev–Trinajstić information content (AvgIpc) is 3.17. The van der Waals surface area contributed by atoms with Gasteiger partial charge in [-0.3, -0.25) is 4.79 Å². The number of nitrogens with zero attached hydrogens (tertiary/aromatic N) is 3. The lowest BCUT2D eigenvalue weighted by molar-refractivity contribution is -0.115. The number of nitrogens with one attached hydrogen (secondary N) is 1. The minimum absolute atomic E-state index is 0.385. The second kappa shape index (κ2) is 7.79. The number of anilines is 1. The molecule has 4 rings (SSSR count). The van der Waals surface area contributed by atoms with E-state index in [0.717, 1.165) is 11.1 Å². The summed E-state index contributed by atoms with van der Waals surface area (Å²) in [7, 11) is 3.13. The van der Waals surface area contributed by atoms with Crippen molar-refractivity contribution < 1.29 is 14.3 Å². The van der Waals surface area contributed by atoms with Crippen LogP contribution in [0, 0.1) is 13.8 Å². The molecular weight excluding hydrogens is 394 g/mol. The lowest BCUT2D eigenvalue weighted by atomic mass is 9.94. The van der Waals surface area contributed by atoms with Crippen LogP contribution in [0.3, 0.4) is 0 Å². The molecule has 1 aliphatic rings. The average molecular weight is 419 g/mol. The number of ether oxygens (including phenoxy) is 2. The Morgan fingerprint density at radius 2 is 1.87 bits per heavy atom. The number of methoxy groups -OCH3 is 2. The van der Waals surface area contributed by atoms with Crippen molar-refractivity contribution in [2.45, 2.75) is 26.8 Å². The molecule has 0 saturated heterocycles. The number of hydrogen-bond donors (Lipinski definition) is 2. The molecule has 2 heterocycles. The highest BCUT2D eigenvalue weighted by Gasteiger charge is 2.35. The highest BCUT2D eigenvalue weighted by atomic mass is 16.5.